The van der Waals surface area contributed by atoms with E-state index in [1.165, 1.54) is 4.80 Å². The zero-order valence-corrected chi connectivity index (χ0v) is 18.4. The van der Waals surface area contributed by atoms with Crippen molar-refractivity contribution in [1.29, 1.82) is 0 Å². The van der Waals surface area contributed by atoms with Crippen LogP contribution in [0.2, 0.25) is 0 Å². The van der Waals surface area contributed by atoms with E-state index in [1.807, 2.05) is 36.4 Å². The number of pyridine rings is 1. The number of amides is 2. The van der Waals surface area contributed by atoms with E-state index >= 15 is 0 Å². The Hall–Kier alpha value is -3.33. The van der Waals surface area contributed by atoms with Crippen LogP contribution < -0.4 is 0 Å². The van der Waals surface area contributed by atoms with Crippen LogP contribution in [0.1, 0.15) is 19.4 Å². The van der Waals surface area contributed by atoms with Crippen LogP contribution in [0.15, 0.2) is 48.8 Å². The number of hydrogen-bond donors (Lipinski definition) is 0. The maximum Gasteiger partial charge on any atom is 0.246 e. The number of benzene rings is 1. The quantitative estimate of drug-likeness (QED) is 0.560. The minimum Gasteiger partial charge on any atom is -0.370 e. The Morgan fingerprint density at radius 2 is 1.88 bits per heavy atom. The SMILES string of the molecule is CC(C)CN1C[C@H](OCc2cccnc2)CN(C(=O)Cn2nc3ccccc3n2)CC1=O. The van der Waals surface area contributed by atoms with Crippen LogP contribution in [0.3, 0.4) is 0 Å². The van der Waals surface area contributed by atoms with E-state index in [4.69, 9.17) is 4.74 Å². The molecular formula is C23H28N6O3. The molecule has 1 atom stereocenters. The summed E-state index contributed by atoms with van der Waals surface area (Å²) in [6.07, 6.45) is 3.17. The number of fused-ring (bicyclic) bond motifs is 1. The molecular weight excluding hydrogens is 408 g/mol. The van der Waals surface area contributed by atoms with E-state index in [1.54, 1.807) is 22.2 Å². The molecule has 0 saturated carbocycles. The fourth-order valence-electron chi connectivity index (χ4n) is 3.79. The molecule has 2 amide bonds. The molecule has 0 N–H and O–H groups in total. The van der Waals surface area contributed by atoms with Crippen molar-refractivity contribution in [2.75, 3.05) is 26.2 Å². The van der Waals surface area contributed by atoms with Crippen molar-refractivity contribution in [3.8, 4) is 0 Å². The summed E-state index contributed by atoms with van der Waals surface area (Å²) in [5, 5.41) is 8.73. The number of hydrogen-bond acceptors (Lipinski definition) is 6. The van der Waals surface area contributed by atoms with Gasteiger partial charge in [-0.25, -0.2) is 0 Å². The average Bonchev–Trinajstić information content (AvgIpc) is 3.11. The van der Waals surface area contributed by atoms with Crippen molar-refractivity contribution in [2.45, 2.75) is 33.1 Å². The van der Waals surface area contributed by atoms with E-state index in [-0.39, 0.29) is 31.0 Å². The number of rotatable bonds is 7. The zero-order chi connectivity index (χ0) is 22.5. The smallest absolute Gasteiger partial charge is 0.246 e. The molecule has 0 spiro atoms. The molecule has 32 heavy (non-hydrogen) atoms. The van der Waals surface area contributed by atoms with Gasteiger partial charge in [0.05, 0.1) is 19.3 Å². The van der Waals surface area contributed by atoms with Gasteiger partial charge in [0, 0.05) is 32.0 Å². The molecule has 168 valence electrons. The molecule has 4 rings (SSSR count). The number of ether oxygens (including phenoxy) is 1. The van der Waals surface area contributed by atoms with Gasteiger partial charge in [0.1, 0.15) is 17.6 Å². The highest BCUT2D eigenvalue weighted by molar-refractivity contribution is 5.85. The Labute approximate surface area is 187 Å². The van der Waals surface area contributed by atoms with Crippen molar-refractivity contribution in [3.05, 3.63) is 54.4 Å². The molecule has 2 aromatic heterocycles. The summed E-state index contributed by atoms with van der Waals surface area (Å²) in [6, 6.07) is 11.3. The van der Waals surface area contributed by atoms with Crippen LogP contribution in [0.25, 0.3) is 11.0 Å². The Balaban J connectivity index is 1.47. The number of aromatic nitrogens is 4. The first-order chi connectivity index (χ1) is 15.5. The normalized spacial score (nSPS) is 17.2. The predicted molar refractivity (Wildman–Crippen MR) is 118 cm³/mol. The molecule has 0 bridgehead atoms. The lowest BCUT2D eigenvalue weighted by molar-refractivity contribution is -0.139. The molecule has 0 radical (unpaired) electrons. The summed E-state index contributed by atoms with van der Waals surface area (Å²) >= 11 is 0. The molecule has 1 aromatic carbocycles. The first-order valence-electron chi connectivity index (χ1n) is 10.8. The van der Waals surface area contributed by atoms with Crippen LogP contribution in [0.4, 0.5) is 0 Å². The highest BCUT2D eigenvalue weighted by Crippen LogP contribution is 2.14. The second-order valence-corrected chi connectivity index (χ2v) is 8.48. The Bertz CT molecular complexity index is 1030. The molecule has 9 nitrogen and oxygen atoms in total. The molecule has 1 fully saturated rings. The van der Waals surface area contributed by atoms with Crippen molar-refractivity contribution in [2.24, 2.45) is 5.92 Å². The van der Waals surface area contributed by atoms with Crippen LogP contribution >= 0.6 is 0 Å². The number of nitrogens with zero attached hydrogens (tertiary/aromatic N) is 6. The summed E-state index contributed by atoms with van der Waals surface area (Å²) < 4.78 is 6.12. The van der Waals surface area contributed by atoms with Crippen LogP contribution in [0.5, 0.6) is 0 Å². The molecule has 1 saturated heterocycles. The van der Waals surface area contributed by atoms with E-state index < -0.39 is 0 Å². The number of carbonyl (C=O) groups is 2. The van der Waals surface area contributed by atoms with Gasteiger partial charge in [-0.2, -0.15) is 15.0 Å². The minimum atomic E-state index is -0.297. The summed E-state index contributed by atoms with van der Waals surface area (Å²) in [4.78, 5) is 34.8. The van der Waals surface area contributed by atoms with Gasteiger partial charge in [0.15, 0.2) is 0 Å². The molecule has 9 heteroatoms. The first-order valence-corrected chi connectivity index (χ1v) is 10.8. The molecule has 3 heterocycles. The lowest BCUT2D eigenvalue weighted by atomic mass is 10.2. The van der Waals surface area contributed by atoms with Crippen molar-refractivity contribution in [3.63, 3.8) is 0 Å². The highest BCUT2D eigenvalue weighted by atomic mass is 16.5. The van der Waals surface area contributed by atoms with Gasteiger partial charge in [-0.05, 0) is 29.7 Å². The van der Waals surface area contributed by atoms with Gasteiger partial charge in [-0.3, -0.25) is 14.6 Å². The largest absolute Gasteiger partial charge is 0.370 e. The van der Waals surface area contributed by atoms with Crippen LogP contribution in [-0.2, 0) is 27.5 Å². The van der Waals surface area contributed by atoms with Gasteiger partial charge < -0.3 is 14.5 Å². The third kappa shape index (κ3) is 5.47. The highest BCUT2D eigenvalue weighted by Gasteiger charge is 2.31. The first kappa shape index (κ1) is 21.9. The summed E-state index contributed by atoms with van der Waals surface area (Å²) in [5.41, 5.74) is 2.41. The lowest BCUT2D eigenvalue weighted by Gasteiger charge is -2.26. The Morgan fingerprint density at radius 3 is 2.53 bits per heavy atom. The summed E-state index contributed by atoms with van der Waals surface area (Å²) in [5.74, 6) is 0.0408. The van der Waals surface area contributed by atoms with E-state index in [0.29, 0.717) is 32.2 Å². The Morgan fingerprint density at radius 1 is 1.12 bits per heavy atom. The maximum absolute atomic E-state index is 13.1. The lowest BCUT2D eigenvalue weighted by Crippen LogP contribution is -2.42. The molecule has 1 aliphatic rings. The topological polar surface area (TPSA) is 93.4 Å². The zero-order valence-electron chi connectivity index (χ0n) is 18.4. The van der Waals surface area contributed by atoms with Crippen LogP contribution in [-0.4, -0.2) is 73.9 Å². The van der Waals surface area contributed by atoms with Gasteiger partial charge in [-0.1, -0.05) is 32.0 Å². The third-order valence-corrected chi connectivity index (χ3v) is 5.28. The number of carbonyl (C=O) groups excluding carboxylic acids is 2. The van der Waals surface area contributed by atoms with Gasteiger partial charge >= 0.3 is 0 Å². The fraction of sp³-hybridized carbons (Fsp3) is 0.435. The van der Waals surface area contributed by atoms with Gasteiger partial charge in [0.2, 0.25) is 11.8 Å². The second kappa shape index (κ2) is 9.86. The van der Waals surface area contributed by atoms with Gasteiger partial charge in [0.25, 0.3) is 0 Å². The Kier molecular flexibility index (Phi) is 6.75. The standard InChI is InChI=1S/C23H28N6O3/c1-17(2)11-27-12-19(32-16-18-6-5-9-24-10-18)13-28(14-22(27)30)23(31)15-29-25-20-7-3-4-8-21(20)26-29/h3-10,17,19H,11-16H2,1-2H3/t19-/m0/s1. The molecule has 1 aliphatic heterocycles. The molecule has 3 aromatic rings. The predicted octanol–water partition coefficient (Wildman–Crippen LogP) is 1.74. The van der Waals surface area contributed by atoms with E-state index in [9.17, 15) is 9.59 Å². The van der Waals surface area contributed by atoms with Gasteiger partial charge in [-0.15, -0.1) is 0 Å². The average molecular weight is 437 g/mol. The fourth-order valence-corrected chi connectivity index (χ4v) is 3.79. The monoisotopic (exact) mass is 436 g/mol. The third-order valence-electron chi connectivity index (χ3n) is 5.28. The van der Waals surface area contributed by atoms with E-state index in [2.05, 4.69) is 29.0 Å². The van der Waals surface area contributed by atoms with Crippen molar-refractivity contribution in [1.82, 2.24) is 29.8 Å². The molecule has 0 aliphatic carbocycles. The summed E-state index contributed by atoms with van der Waals surface area (Å²) in [6.45, 7) is 5.92. The second-order valence-electron chi connectivity index (χ2n) is 8.48. The molecule has 0 unspecified atom stereocenters. The summed E-state index contributed by atoms with van der Waals surface area (Å²) in [7, 11) is 0. The van der Waals surface area contributed by atoms with E-state index in [0.717, 1.165) is 16.6 Å². The van der Waals surface area contributed by atoms with Crippen molar-refractivity contribution < 1.29 is 14.3 Å². The van der Waals surface area contributed by atoms with Crippen molar-refractivity contribution >= 4 is 22.8 Å². The maximum atomic E-state index is 13.1. The van der Waals surface area contributed by atoms with Crippen LogP contribution in [0, 0.1) is 5.92 Å². The minimum absolute atomic E-state index is 0.0263.